The van der Waals surface area contributed by atoms with Crippen LogP contribution in [0.3, 0.4) is 0 Å². The van der Waals surface area contributed by atoms with Gasteiger partial charge in [-0.15, -0.1) is 11.3 Å². The van der Waals surface area contributed by atoms with Crippen LogP contribution in [0.2, 0.25) is 0 Å². The average Bonchev–Trinajstić information content (AvgIpc) is 2.81. The summed E-state index contributed by atoms with van der Waals surface area (Å²) in [6, 6.07) is -0.445. The van der Waals surface area contributed by atoms with E-state index in [4.69, 9.17) is 5.11 Å². The van der Waals surface area contributed by atoms with Gasteiger partial charge in [0.25, 0.3) is 0 Å². The largest absolute Gasteiger partial charge is 0.481 e. The lowest BCUT2D eigenvalue weighted by atomic mass is 10.1. The van der Waals surface area contributed by atoms with E-state index < -0.39 is 5.97 Å². The summed E-state index contributed by atoms with van der Waals surface area (Å²) in [5, 5.41) is 16.8. The molecular formula is C12H19N3O3S. The summed E-state index contributed by atoms with van der Waals surface area (Å²) < 4.78 is 0. The van der Waals surface area contributed by atoms with Crippen molar-refractivity contribution in [3.63, 3.8) is 0 Å². The zero-order valence-electron chi connectivity index (χ0n) is 11.0. The van der Waals surface area contributed by atoms with Crippen molar-refractivity contribution in [2.75, 3.05) is 0 Å². The molecule has 0 saturated carbocycles. The first-order chi connectivity index (χ1) is 8.99. The summed E-state index contributed by atoms with van der Waals surface area (Å²) >= 11 is 1.49. The number of nitrogens with one attached hydrogen (secondary N) is 2. The highest BCUT2D eigenvalue weighted by atomic mass is 32.1. The Labute approximate surface area is 116 Å². The van der Waals surface area contributed by atoms with E-state index in [9.17, 15) is 9.59 Å². The Bertz CT molecular complexity index is 408. The molecule has 1 heterocycles. The maximum atomic E-state index is 11.7. The van der Waals surface area contributed by atoms with Crippen LogP contribution in [0.25, 0.3) is 0 Å². The molecule has 6 nitrogen and oxygen atoms in total. The highest BCUT2D eigenvalue weighted by Gasteiger charge is 2.13. The van der Waals surface area contributed by atoms with Gasteiger partial charge in [0.2, 0.25) is 0 Å². The van der Waals surface area contributed by atoms with Crippen molar-refractivity contribution in [2.45, 2.75) is 45.2 Å². The molecule has 0 bridgehead atoms. The molecule has 2 unspecified atom stereocenters. The fourth-order valence-corrected chi connectivity index (χ4v) is 2.25. The number of thiazole rings is 1. The Morgan fingerprint density at radius 1 is 1.42 bits per heavy atom. The molecule has 7 heteroatoms. The molecule has 0 radical (unpaired) electrons. The Kier molecular flexibility index (Phi) is 6.27. The first kappa shape index (κ1) is 15.4. The predicted octanol–water partition coefficient (Wildman–Crippen LogP) is 2.15. The van der Waals surface area contributed by atoms with Crippen molar-refractivity contribution in [2.24, 2.45) is 0 Å². The molecule has 0 fully saturated rings. The fourth-order valence-electron chi connectivity index (χ4n) is 1.60. The Balaban J connectivity index is 2.24. The van der Waals surface area contributed by atoms with E-state index in [1.807, 2.05) is 19.2 Å². The van der Waals surface area contributed by atoms with Gasteiger partial charge in [-0.3, -0.25) is 4.79 Å². The maximum absolute atomic E-state index is 11.7. The van der Waals surface area contributed by atoms with Crippen LogP contribution in [-0.4, -0.2) is 28.1 Å². The van der Waals surface area contributed by atoms with E-state index in [0.717, 1.165) is 5.01 Å². The smallest absolute Gasteiger partial charge is 0.315 e. The van der Waals surface area contributed by atoms with Crippen LogP contribution in [0.4, 0.5) is 4.79 Å². The van der Waals surface area contributed by atoms with Crippen LogP contribution in [-0.2, 0) is 4.79 Å². The molecule has 2 amide bonds. The van der Waals surface area contributed by atoms with Gasteiger partial charge in [-0.2, -0.15) is 0 Å². The molecule has 0 aliphatic heterocycles. The van der Waals surface area contributed by atoms with Crippen molar-refractivity contribution in [3.05, 3.63) is 16.6 Å². The van der Waals surface area contributed by atoms with E-state index in [1.165, 1.54) is 11.3 Å². The van der Waals surface area contributed by atoms with Gasteiger partial charge in [0.05, 0.1) is 6.04 Å². The number of hydrogen-bond donors (Lipinski definition) is 3. The minimum Gasteiger partial charge on any atom is -0.481 e. The van der Waals surface area contributed by atoms with Gasteiger partial charge >= 0.3 is 12.0 Å². The molecule has 1 aromatic rings. The number of carbonyl (C=O) groups excluding carboxylic acids is 1. The molecule has 0 aromatic carbocycles. The first-order valence-electron chi connectivity index (χ1n) is 6.17. The molecule has 0 aliphatic rings. The van der Waals surface area contributed by atoms with Gasteiger partial charge in [0, 0.05) is 24.0 Å². The van der Waals surface area contributed by atoms with Crippen LogP contribution in [0, 0.1) is 0 Å². The summed E-state index contributed by atoms with van der Waals surface area (Å²) in [5.74, 6) is -0.811. The minimum atomic E-state index is -0.811. The molecule has 2 atom stereocenters. The Hall–Kier alpha value is -1.63. The molecule has 0 aliphatic carbocycles. The van der Waals surface area contributed by atoms with Gasteiger partial charge in [0.1, 0.15) is 5.01 Å². The number of urea groups is 1. The first-order valence-corrected chi connectivity index (χ1v) is 7.05. The molecule has 1 aromatic heterocycles. The second kappa shape index (κ2) is 7.73. The van der Waals surface area contributed by atoms with Gasteiger partial charge in [0.15, 0.2) is 0 Å². The van der Waals surface area contributed by atoms with E-state index in [-0.39, 0.29) is 24.5 Å². The lowest BCUT2D eigenvalue weighted by molar-refractivity contribution is -0.137. The molecule has 1 rings (SSSR count). The van der Waals surface area contributed by atoms with E-state index >= 15 is 0 Å². The number of carboxylic acid groups (broad SMARTS) is 1. The van der Waals surface area contributed by atoms with Crippen molar-refractivity contribution in [3.8, 4) is 0 Å². The number of amides is 2. The summed E-state index contributed by atoms with van der Waals surface area (Å²) in [6.07, 6.45) is 3.03. The third-order valence-electron chi connectivity index (χ3n) is 2.57. The number of nitrogens with zero attached hydrogens (tertiary/aromatic N) is 1. The van der Waals surface area contributed by atoms with Gasteiger partial charge in [-0.05, 0) is 26.7 Å². The maximum Gasteiger partial charge on any atom is 0.315 e. The highest BCUT2D eigenvalue weighted by molar-refractivity contribution is 7.09. The number of aliphatic carboxylic acids is 1. The van der Waals surface area contributed by atoms with E-state index in [0.29, 0.717) is 12.8 Å². The highest BCUT2D eigenvalue weighted by Crippen LogP contribution is 2.14. The lowest BCUT2D eigenvalue weighted by Crippen LogP contribution is -2.41. The van der Waals surface area contributed by atoms with E-state index in [1.54, 1.807) is 6.20 Å². The van der Waals surface area contributed by atoms with Crippen LogP contribution in [0.1, 0.15) is 44.2 Å². The van der Waals surface area contributed by atoms with Crippen molar-refractivity contribution >= 4 is 23.3 Å². The number of carbonyl (C=O) groups is 2. The number of hydrogen-bond acceptors (Lipinski definition) is 4. The quantitative estimate of drug-likeness (QED) is 0.716. The molecule has 3 N–H and O–H groups in total. The number of rotatable bonds is 7. The zero-order valence-corrected chi connectivity index (χ0v) is 11.9. The standard InChI is InChI=1S/C12H19N3O3S/c1-8(4-3-5-10(16)17)14-12(18)15-9(2)11-13-6-7-19-11/h6-9H,3-5H2,1-2H3,(H,16,17)(H2,14,15,18). The van der Waals surface area contributed by atoms with Crippen molar-refractivity contribution < 1.29 is 14.7 Å². The SMILES string of the molecule is CC(CCCC(=O)O)NC(=O)NC(C)c1nccs1. The van der Waals surface area contributed by atoms with Crippen LogP contribution in [0.15, 0.2) is 11.6 Å². The van der Waals surface area contributed by atoms with Crippen LogP contribution >= 0.6 is 11.3 Å². The average molecular weight is 285 g/mol. The third kappa shape index (κ3) is 6.19. The van der Waals surface area contributed by atoms with Gasteiger partial charge in [-0.25, -0.2) is 9.78 Å². The molecule has 19 heavy (non-hydrogen) atoms. The molecule has 106 valence electrons. The second-order valence-electron chi connectivity index (χ2n) is 4.40. The fraction of sp³-hybridized carbons (Fsp3) is 0.583. The van der Waals surface area contributed by atoms with E-state index in [2.05, 4.69) is 15.6 Å². The zero-order chi connectivity index (χ0) is 14.3. The van der Waals surface area contributed by atoms with Gasteiger partial charge in [-0.1, -0.05) is 0 Å². The topological polar surface area (TPSA) is 91.3 Å². The molecule has 0 saturated heterocycles. The lowest BCUT2D eigenvalue weighted by Gasteiger charge is -2.16. The van der Waals surface area contributed by atoms with Crippen LogP contribution < -0.4 is 10.6 Å². The number of carboxylic acids is 1. The van der Waals surface area contributed by atoms with Crippen molar-refractivity contribution in [1.29, 1.82) is 0 Å². The minimum absolute atomic E-state index is 0.0529. The summed E-state index contributed by atoms with van der Waals surface area (Å²) in [6.45, 7) is 3.73. The number of aromatic nitrogens is 1. The Morgan fingerprint density at radius 2 is 2.16 bits per heavy atom. The van der Waals surface area contributed by atoms with Crippen molar-refractivity contribution in [1.82, 2.24) is 15.6 Å². The Morgan fingerprint density at radius 3 is 2.74 bits per heavy atom. The normalized spacial score (nSPS) is 13.6. The monoisotopic (exact) mass is 285 g/mol. The third-order valence-corrected chi connectivity index (χ3v) is 3.53. The summed E-state index contributed by atoms with van der Waals surface area (Å²) in [4.78, 5) is 26.2. The summed E-state index contributed by atoms with van der Waals surface area (Å²) in [5.41, 5.74) is 0. The predicted molar refractivity (Wildman–Crippen MR) is 73.1 cm³/mol. The second-order valence-corrected chi connectivity index (χ2v) is 5.32. The van der Waals surface area contributed by atoms with Gasteiger partial charge < -0.3 is 15.7 Å². The summed E-state index contributed by atoms with van der Waals surface area (Å²) in [7, 11) is 0. The van der Waals surface area contributed by atoms with Crippen LogP contribution in [0.5, 0.6) is 0 Å². The molecular weight excluding hydrogens is 266 g/mol. The molecule has 0 spiro atoms.